The first-order valence-corrected chi connectivity index (χ1v) is 13.2. The van der Waals surface area contributed by atoms with E-state index < -0.39 is 5.97 Å². The third-order valence-electron chi connectivity index (χ3n) is 7.55. The zero-order valence-corrected chi connectivity index (χ0v) is 22.6. The fraction of sp³-hybridized carbons (Fsp3) is 0.433. The number of hydrogen-bond donors (Lipinski definition) is 2. The van der Waals surface area contributed by atoms with E-state index in [9.17, 15) is 14.4 Å². The number of esters is 1. The second kappa shape index (κ2) is 12.2. The summed E-state index contributed by atoms with van der Waals surface area (Å²) >= 11 is 0. The van der Waals surface area contributed by atoms with Gasteiger partial charge in [0, 0.05) is 61.2 Å². The van der Waals surface area contributed by atoms with Crippen molar-refractivity contribution in [3.63, 3.8) is 0 Å². The van der Waals surface area contributed by atoms with Crippen LogP contribution in [-0.2, 0) is 9.53 Å². The minimum Gasteiger partial charge on any atom is -0.496 e. The molecule has 1 aliphatic rings. The molecule has 38 heavy (non-hydrogen) atoms. The van der Waals surface area contributed by atoms with Gasteiger partial charge in [0.25, 0.3) is 5.91 Å². The highest BCUT2D eigenvalue weighted by Gasteiger charge is 2.25. The Labute approximate surface area is 223 Å². The van der Waals surface area contributed by atoms with Gasteiger partial charge >= 0.3 is 5.97 Å². The molecule has 202 valence electrons. The van der Waals surface area contributed by atoms with E-state index >= 15 is 0 Å². The van der Waals surface area contributed by atoms with Gasteiger partial charge in [-0.25, -0.2) is 4.79 Å². The summed E-state index contributed by atoms with van der Waals surface area (Å²) in [5.74, 6) is 0.373. The summed E-state index contributed by atoms with van der Waals surface area (Å²) in [4.78, 5) is 42.6. The summed E-state index contributed by atoms with van der Waals surface area (Å²) in [5.41, 5.74) is 3.70. The van der Waals surface area contributed by atoms with Gasteiger partial charge in [0.2, 0.25) is 5.91 Å². The van der Waals surface area contributed by atoms with Crippen LogP contribution in [0.15, 0.2) is 42.6 Å². The van der Waals surface area contributed by atoms with Crippen LogP contribution in [-0.4, -0.2) is 62.5 Å². The SMILES string of the molecule is COC(=O)c1ccc(C(CCC(=O)N(C)C)c2c[nH]c3ccc(C(=O)NCC4CCCC4)cc23)c(OC)c1. The molecule has 1 atom stereocenters. The van der Waals surface area contributed by atoms with Crippen LogP contribution in [0.2, 0.25) is 0 Å². The molecule has 1 aromatic heterocycles. The minimum absolute atomic E-state index is 0.0203. The lowest BCUT2D eigenvalue weighted by Gasteiger charge is -2.21. The number of amides is 2. The number of fused-ring (bicyclic) bond motifs is 1. The molecule has 0 bridgehead atoms. The number of nitrogens with zero attached hydrogens (tertiary/aromatic N) is 1. The summed E-state index contributed by atoms with van der Waals surface area (Å²) in [6.45, 7) is 0.704. The Balaban J connectivity index is 1.70. The van der Waals surface area contributed by atoms with Gasteiger partial charge in [-0.05, 0) is 61.1 Å². The summed E-state index contributed by atoms with van der Waals surface area (Å²) in [5, 5.41) is 4.02. The van der Waals surface area contributed by atoms with Gasteiger partial charge in [0.15, 0.2) is 0 Å². The van der Waals surface area contributed by atoms with Crippen LogP contribution in [0.1, 0.15) is 76.3 Å². The van der Waals surface area contributed by atoms with Crippen LogP contribution in [0.25, 0.3) is 10.9 Å². The summed E-state index contributed by atoms with van der Waals surface area (Å²) < 4.78 is 10.6. The second-order valence-electron chi connectivity index (χ2n) is 10.2. The molecule has 1 saturated carbocycles. The first-order chi connectivity index (χ1) is 18.3. The molecule has 0 radical (unpaired) electrons. The van der Waals surface area contributed by atoms with Gasteiger partial charge in [0.1, 0.15) is 5.75 Å². The molecule has 0 saturated heterocycles. The molecule has 0 spiro atoms. The number of benzene rings is 2. The molecule has 1 unspecified atom stereocenters. The van der Waals surface area contributed by atoms with Crippen LogP contribution in [0.4, 0.5) is 0 Å². The van der Waals surface area contributed by atoms with E-state index in [4.69, 9.17) is 9.47 Å². The standard InChI is InChI=1S/C30H37N3O5/c1-33(2)28(34)14-12-22(23-11-9-21(30(36)38-4)16-27(23)37-3)25-18-31-26-13-10-20(15-24(25)26)29(35)32-17-19-7-5-6-8-19/h9-11,13,15-16,18-19,22,31H,5-8,12,14,17H2,1-4H3,(H,32,35). The molecule has 1 fully saturated rings. The average Bonchev–Trinajstić information content (AvgIpc) is 3.61. The Bertz CT molecular complexity index is 1310. The lowest BCUT2D eigenvalue weighted by molar-refractivity contribution is -0.128. The van der Waals surface area contributed by atoms with Crippen LogP contribution in [0, 0.1) is 5.92 Å². The lowest BCUT2D eigenvalue weighted by atomic mass is 9.85. The van der Waals surface area contributed by atoms with Crippen molar-refractivity contribution < 1.29 is 23.9 Å². The Morgan fingerprint density at radius 3 is 2.45 bits per heavy atom. The maximum absolute atomic E-state index is 13.0. The number of hydrogen-bond acceptors (Lipinski definition) is 5. The topological polar surface area (TPSA) is 101 Å². The fourth-order valence-electron chi connectivity index (χ4n) is 5.34. The molecule has 2 amide bonds. The molecule has 3 aromatic rings. The zero-order chi connectivity index (χ0) is 27.2. The normalized spacial score (nSPS) is 14.3. The zero-order valence-electron chi connectivity index (χ0n) is 22.6. The summed E-state index contributed by atoms with van der Waals surface area (Å²) in [7, 11) is 6.38. The molecule has 0 aliphatic heterocycles. The first-order valence-electron chi connectivity index (χ1n) is 13.2. The molecule has 8 heteroatoms. The molecule has 1 heterocycles. The number of methoxy groups -OCH3 is 2. The average molecular weight is 520 g/mol. The number of ether oxygens (including phenoxy) is 2. The van der Waals surface area contributed by atoms with Gasteiger partial charge in [-0.15, -0.1) is 0 Å². The van der Waals surface area contributed by atoms with Crippen LogP contribution in [0.5, 0.6) is 5.75 Å². The largest absolute Gasteiger partial charge is 0.496 e. The Morgan fingerprint density at radius 2 is 1.76 bits per heavy atom. The fourth-order valence-corrected chi connectivity index (χ4v) is 5.34. The van der Waals surface area contributed by atoms with Gasteiger partial charge in [-0.3, -0.25) is 9.59 Å². The molecule has 1 aliphatic carbocycles. The highest BCUT2D eigenvalue weighted by atomic mass is 16.5. The van der Waals surface area contributed by atoms with Crippen LogP contribution < -0.4 is 10.1 Å². The quantitative estimate of drug-likeness (QED) is 0.372. The highest BCUT2D eigenvalue weighted by molar-refractivity contribution is 5.99. The smallest absolute Gasteiger partial charge is 0.337 e. The van der Waals surface area contributed by atoms with Crippen LogP contribution in [0.3, 0.4) is 0 Å². The first kappa shape index (κ1) is 27.2. The number of carbonyl (C=O) groups is 3. The van der Waals surface area contributed by atoms with Crippen LogP contribution >= 0.6 is 0 Å². The van der Waals surface area contributed by atoms with Crippen molar-refractivity contribution in [1.29, 1.82) is 0 Å². The number of carbonyl (C=O) groups excluding carboxylic acids is 3. The minimum atomic E-state index is -0.450. The molecule has 2 N–H and O–H groups in total. The Morgan fingerprint density at radius 1 is 1.03 bits per heavy atom. The van der Waals surface area contributed by atoms with Crippen molar-refractivity contribution in [1.82, 2.24) is 15.2 Å². The van der Waals surface area contributed by atoms with E-state index in [1.807, 2.05) is 30.5 Å². The third-order valence-corrected chi connectivity index (χ3v) is 7.55. The molecule has 2 aromatic carbocycles. The Hall–Kier alpha value is -3.81. The van der Waals surface area contributed by atoms with E-state index in [1.54, 1.807) is 38.2 Å². The third kappa shape index (κ3) is 6.01. The highest BCUT2D eigenvalue weighted by Crippen LogP contribution is 2.39. The molecule has 4 rings (SSSR count). The number of rotatable bonds is 10. The molecular weight excluding hydrogens is 482 g/mol. The molecule has 8 nitrogen and oxygen atoms in total. The second-order valence-corrected chi connectivity index (χ2v) is 10.2. The maximum atomic E-state index is 13.0. The number of H-pyrrole nitrogens is 1. The predicted octanol–water partition coefficient (Wildman–Crippen LogP) is 4.88. The number of aromatic nitrogens is 1. The van der Waals surface area contributed by atoms with Gasteiger partial charge in [-0.1, -0.05) is 18.9 Å². The van der Waals surface area contributed by atoms with E-state index in [1.165, 1.54) is 32.8 Å². The van der Waals surface area contributed by atoms with E-state index in [2.05, 4.69) is 10.3 Å². The number of nitrogens with one attached hydrogen (secondary N) is 2. The van der Waals surface area contributed by atoms with Crippen molar-refractivity contribution in [2.24, 2.45) is 5.92 Å². The van der Waals surface area contributed by atoms with Gasteiger partial charge in [0.05, 0.1) is 19.8 Å². The van der Waals surface area contributed by atoms with Crippen molar-refractivity contribution in [2.75, 3.05) is 34.9 Å². The van der Waals surface area contributed by atoms with Crippen molar-refractivity contribution >= 4 is 28.7 Å². The maximum Gasteiger partial charge on any atom is 0.337 e. The van der Waals surface area contributed by atoms with Gasteiger partial charge in [-0.2, -0.15) is 0 Å². The van der Waals surface area contributed by atoms with Crippen molar-refractivity contribution in [2.45, 2.75) is 44.4 Å². The predicted molar refractivity (Wildman–Crippen MR) is 147 cm³/mol. The monoisotopic (exact) mass is 519 g/mol. The summed E-state index contributed by atoms with van der Waals surface area (Å²) in [6.07, 6.45) is 7.60. The van der Waals surface area contributed by atoms with Crippen molar-refractivity contribution in [3.8, 4) is 5.75 Å². The number of aromatic amines is 1. The molecular formula is C30H37N3O5. The van der Waals surface area contributed by atoms with E-state index in [0.717, 1.165) is 22.0 Å². The van der Waals surface area contributed by atoms with E-state index in [0.29, 0.717) is 42.2 Å². The van der Waals surface area contributed by atoms with E-state index in [-0.39, 0.29) is 17.7 Å². The lowest BCUT2D eigenvalue weighted by Crippen LogP contribution is -2.28. The summed E-state index contributed by atoms with van der Waals surface area (Å²) in [6, 6.07) is 10.9. The van der Waals surface area contributed by atoms with Gasteiger partial charge < -0.3 is 24.7 Å². The Kier molecular flexibility index (Phi) is 8.71. The van der Waals surface area contributed by atoms with Crippen molar-refractivity contribution in [3.05, 3.63) is 64.8 Å².